The van der Waals surface area contributed by atoms with Crippen molar-refractivity contribution in [2.75, 3.05) is 56.3 Å². The maximum Gasteiger partial charge on any atom is 0.280 e. The van der Waals surface area contributed by atoms with Gasteiger partial charge in [-0.1, -0.05) is 43.0 Å². The lowest BCUT2D eigenvalue weighted by molar-refractivity contribution is 0.0948. The van der Waals surface area contributed by atoms with Crippen molar-refractivity contribution in [2.24, 2.45) is 0 Å². The maximum absolute atomic E-state index is 13.0. The number of anilines is 2. The Morgan fingerprint density at radius 1 is 0.725 bits per heavy atom. The molecule has 40 heavy (non-hydrogen) atoms. The van der Waals surface area contributed by atoms with Crippen LogP contribution in [0.1, 0.15) is 48.9 Å². The fourth-order valence-corrected chi connectivity index (χ4v) is 5.18. The molecule has 0 N–H and O–H groups in total. The summed E-state index contributed by atoms with van der Waals surface area (Å²) in [6.45, 7) is 5.37. The fourth-order valence-electron chi connectivity index (χ4n) is 5.18. The molecule has 1 aromatic heterocycles. The van der Waals surface area contributed by atoms with Crippen molar-refractivity contribution in [1.82, 2.24) is 15.0 Å². The number of benzene rings is 3. The molecule has 8 heteroatoms. The summed E-state index contributed by atoms with van der Waals surface area (Å²) in [5.41, 5.74) is 4.37. The van der Waals surface area contributed by atoms with Crippen LogP contribution in [-0.4, -0.2) is 67.4 Å². The molecule has 1 aliphatic rings. The number of para-hydroxylation sites is 1. The Bertz CT molecular complexity index is 1350. The van der Waals surface area contributed by atoms with E-state index in [0.29, 0.717) is 16.6 Å². The van der Waals surface area contributed by atoms with E-state index in [0.717, 1.165) is 63.7 Å². The van der Waals surface area contributed by atoms with E-state index in [-0.39, 0.29) is 5.91 Å². The van der Waals surface area contributed by atoms with Crippen molar-refractivity contribution < 1.29 is 14.3 Å². The molecule has 210 valence electrons. The lowest BCUT2D eigenvalue weighted by Gasteiger charge is -2.37. The minimum Gasteiger partial charge on any atom is -0.494 e. The van der Waals surface area contributed by atoms with Gasteiger partial charge in [0.05, 0.1) is 12.1 Å². The quantitative estimate of drug-likeness (QED) is 0.198. The van der Waals surface area contributed by atoms with E-state index >= 15 is 0 Å². The summed E-state index contributed by atoms with van der Waals surface area (Å²) < 4.78 is 12.4. The summed E-state index contributed by atoms with van der Waals surface area (Å²) in [5, 5.41) is 8.15. The Morgan fingerprint density at radius 3 is 1.95 bits per heavy atom. The Labute approximate surface area is 236 Å². The van der Waals surface area contributed by atoms with Crippen LogP contribution in [0, 0.1) is 0 Å². The summed E-state index contributed by atoms with van der Waals surface area (Å²) in [6, 6.07) is 23.8. The topological polar surface area (TPSA) is 72.7 Å². The zero-order chi connectivity index (χ0) is 27.6. The van der Waals surface area contributed by atoms with Crippen LogP contribution < -0.4 is 14.5 Å². The van der Waals surface area contributed by atoms with Gasteiger partial charge in [-0.25, -0.2) is 0 Å². The van der Waals surface area contributed by atoms with E-state index in [1.54, 1.807) is 7.11 Å². The molecule has 8 nitrogen and oxygen atoms in total. The average Bonchev–Trinajstić information content (AvgIpc) is 3.45. The number of nitrogens with zero attached hydrogens (tertiary/aromatic N) is 5. The van der Waals surface area contributed by atoms with E-state index in [4.69, 9.17) is 9.47 Å². The highest BCUT2D eigenvalue weighted by molar-refractivity contribution is 6.00. The Hall–Kier alpha value is -3.91. The normalized spacial score (nSPS) is 13.6. The predicted octanol–water partition coefficient (Wildman–Crippen LogP) is 5.81. The zero-order valence-corrected chi connectivity index (χ0v) is 23.4. The number of carbonyl (C=O) groups excluding carboxylic acids is 1. The number of unbranched alkanes of at least 4 members (excludes halogenated alkanes) is 5. The van der Waals surface area contributed by atoms with Gasteiger partial charge in [-0.2, -0.15) is 4.68 Å². The third-order valence-electron chi connectivity index (χ3n) is 7.52. The largest absolute Gasteiger partial charge is 0.494 e. The van der Waals surface area contributed by atoms with Gasteiger partial charge in [0.2, 0.25) is 0 Å². The van der Waals surface area contributed by atoms with Gasteiger partial charge in [-0.05, 0) is 73.5 Å². The first-order valence-electron chi connectivity index (χ1n) is 14.4. The minimum absolute atomic E-state index is 0.175. The molecule has 1 aliphatic heterocycles. The van der Waals surface area contributed by atoms with Crippen molar-refractivity contribution in [2.45, 2.75) is 38.5 Å². The Kier molecular flexibility index (Phi) is 9.63. The molecule has 5 rings (SSSR count). The average molecular weight is 542 g/mol. The summed E-state index contributed by atoms with van der Waals surface area (Å²) in [6.07, 6.45) is 7.26. The third-order valence-corrected chi connectivity index (χ3v) is 7.52. The van der Waals surface area contributed by atoms with E-state index in [1.807, 2.05) is 48.5 Å². The molecule has 0 amide bonds. The third kappa shape index (κ3) is 6.99. The molecule has 0 aliphatic carbocycles. The van der Waals surface area contributed by atoms with Crippen LogP contribution in [0.2, 0.25) is 0 Å². The fraction of sp³-hybridized carbons (Fsp3) is 0.406. The lowest BCUT2D eigenvalue weighted by atomic mass is 10.1. The highest BCUT2D eigenvalue weighted by Crippen LogP contribution is 2.24. The zero-order valence-electron chi connectivity index (χ0n) is 23.4. The molecule has 1 saturated heterocycles. The second-order valence-electron chi connectivity index (χ2n) is 10.3. The number of hydrogen-bond acceptors (Lipinski definition) is 7. The van der Waals surface area contributed by atoms with E-state index < -0.39 is 0 Å². The first-order chi connectivity index (χ1) is 19.7. The van der Waals surface area contributed by atoms with Crippen molar-refractivity contribution >= 4 is 28.3 Å². The SMILES string of the molecule is COCCCCCCCCOc1ccc(N2CCN(c3ccc(C(=O)n4nnc5ccccc54)cc3)CC2)cc1. The van der Waals surface area contributed by atoms with Gasteiger partial charge in [0, 0.05) is 56.8 Å². The molecule has 3 aromatic carbocycles. The highest BCUT2D eigenvalue weighted by Gasteiger charge is 2.19. The molecular weight excluding hydrogens is 502 g/mol. The number of hydrogen-bond donors (Lipinski definition) is 0. The molecule has 0 spiro atoms. The highest BCUT2D eigenvalue weighted by atomic mass is 16.5. The minimum atomic E-state index is -0.175. The molecule has 4 aromatic rings. The van der Waals surface area contributed by atoms with Crippen LogP contribution in [0.4, 0.5) is 11.4 Å². The first kappa shape index (κ1) is 27.6. The van der Waals surface area contributed by atoms with Crippen LogP contribution in [0.5, 0.6) is 5.75 Å². The second kappa shape index (κ2) is 13.9. The van der Waals surface area contributed by atoms with Gasteiger partial charge in [-0.15, -0.1) is 5.10 Å². The molecule has 0 saturated carbocycles. The van der Waals surface area contributed by atoms with Gasteiger partial charge >= 0.3 is 0 Å². The van der Waals surface area contributed by atoms with E-state index in [1.165, 1.54) is 36.1 Å². The van der Waals surface area contributed by atoms with Crippen LogP contribution in [0.3, 0.4) is 0 Å². The number of methoxy groups -OCH3 is 1. The van der Waals surface area contributed by atoms with Gasteiger partial charge in [0.1, 0.15) is 11.3 Å². The summed E-state index contributed by atoms with van der Waals surface area (Å²) in [7, 11) is 1.76. The van der Waals surface area contributed by atoms with Gasteiger partial charge in [0.25, 0.3) is 5.91 Å². The van der Waals surface area contributed by atoms with Crippen LogP contribution in [0.25, 0.3) is 11.0 Å². The van der Waals surface area contributed by atoms with E-state index in [9.17, 15) is 4.79 Å². The molecular formula is C32H39N5O3. The van der Waals surface area contributed by atoms with Crippen LogP contribution in [-0.2, 0) is 4.74 Å². The molecule has 0 bridgehead atoms. The van der Waals surface area contributed by atoms with E-state index in [2.05, 4.69) is 44.4 Å². The number of aromatic nitrogens is 3. The predicted molar refractivity (Wildman–Crippen MR) is 160 cm³/mol. The standard InChI is InChI=1S/C32H39N5O3/c1-39-24-8-4-2-3-5-9-25-40-29-18-16-28(17-19-29)36-22-20-35(21-23-36)27-14-12-26(13-15-27)32(38)37-31-11-7-6-10-30(31)33-34-37/h6-7,10-19H,2-5,8-9,20-25H2,1H3. The van der Waals surface area contributed by atoms with Crippen molar-refractivity contribution in [3.05, 3.63) is 78.4 Å². The molecule has 0 radical (unpaired) electrons. The number of carbonyl (C=O) groups is 1. The summed E-state index contributed by atoms with van der Waals surface area (Å²) >= 11 is 0. The number of ether oxygens (including phenoxy) is 2. The maximum atomic E-state index is 13.0. The van der Waals surface area contributed by atoms with Gasteiger partial charge in [-0.3, -0.25) is 4.79 Å². The molecule has 0 atom stereocenters. The van der Waals surface area contributed by atoms with Crippen LogP contribution in [0.15, 0.2) is 72.8 Å². The molecule has 1 fully saturated rings. The molecule has 0 unspecified atom stereocenters. The Balaban J connectivity index is 1.05. The first-order valence-corrected chi connectivity index (χ1v) is 14.4. The summed E-state index contributed by atoms with van der Waals surface area (Å²) in [4.78, 5) is 17.8. The van der Waals surface area contributed by atoms with Crippen molar-refractivity contribution in [1.29, 1.82) is 0 Å². The molecule has 2 heterocycles. The smallest absolute Gasteiger partial charge is 0.280 e. The second-order valence-corrected chi connectivity index (χ2v) is 10.3. The summed E-state index contributed by atoms with van der Waals surface area (Å²) in [5.74, 6) is 0.766. The van der Waals surface area contributed by atoms with Gasteiger partial charge < -0.3 is 19.3 Å². The number of fused-ring (bicyclic) bond motifs is 1. The monoisotopic (exact) mass is 541 g/mol. The van der Waals surface area contributed by atoms with Gasteiger partial charge in [0.15, 0.2) is 0 Å². The Morgan fingerprint density at radius 2 is 1.30 bits per heavy atom. The van der Waals surface area contributed by atoms with Crippen LogP contribution >= 0.6 is 0 Å². The van der Waals surface area contributed by atoms with Crippen molar-refractivity contribution in [3.8, 4) is 5.75 Å². The lowest BCUT2D eigenvalue weighted by Crippen LogP contribution is -2.46. The van der Waals surface area contributed by atoms with Crippen molar-refractivity contribution in [3.63, 3.8) is 0 Å². The number of rotatable bonds is 13. The number of piperazine rings is 1.